The zero-order chi connectivity index (χ0) is 43.1. The van der Waals surface area contributed by atoms with Crippen LogP contribution in [0.15, 0.2) is 233 Å². The SMILES string of the molecule is c1ccc(C2=NC(c3ccccc3)N=C(c3ccc4c5ccc(-c6nc(-c7ccccc7)nc(-c7ccccc7)n6)cc5c5oc(-c6ccccc6)c(-c6ccccc6)c5c4c3)N2)cc1. The van der Waals surface area contributed by atoms with Gasteiger partial charge in [0.15, 0.2) is 23.6 Å². The van der Waals surface area contributed by atoms with Crippen LogP contribution in [0.1, 0.15) is 22.9 Å². The van der Waals surface area contributed by atoms with Crippen LogP contribution in [0.4, 0.5) is 0 Å². The van der Waals surface area contributed by atoms with E-state index in [4.69, 9.17) is 29.4 Å². The van der Waals surface area contributed by atoms with Gasteiger partial charge in [-0.3, -0.25) is 0 Å². The average molecular weight is 835 g/mol. The maximum Gasteiger partial charge on any atom is 0.169 e. The average Bonchev–Trinajstić information content (AvgIpc) is 3.81. The molecule has 0 aliphatic carbocycles. The molecule has 0 fully saturated rings. The highest BCUT2D eigenvalue weighted by Crippen LogP contribution is 2.48. The normalized spacial score (nSPS) is 13.7. The molecule has 0 spiro atoms. The van der Waals surface area contributed by atoms with Gasteiger partial charge in [0.2, 0.25) is 0 Å². The first-order valence-corrected chi connectivity index (χ1v) is 21.7. The van der Waals surface area contributed by atoms with Crippen molar-refractivity contribution in [1.29, 1.82) is 0 Å². The fraction of sp³-hybridized carbons (Fsp3) is 0.0172. The van der Waals surface area contributed by atoms with Gasteiger partial charge in [0, 0.05) is 49.7 Å². The molecule has 0 amide bonds. The summed E-state index contributed by atoms with van der Waals surface area (Å²) in [5.74, 6) is 4.09. The molecule has 12 rings (SSSR count). The molecule has 306 valence electrons. The van der Waals surface area contributed by atoms with E-state index in [2.05, 4.69) is 121 Å². The Labute approximate surface area is 375 Å². The second kappa shape index (κ2) is 16.1. The van der Waals surface area contributed by atoms with Gasteiger partial charge in [0.05, 0.1) is 0 Å². The maximum atomic E-state index is 7.26. The van der Waals surface area contributed by atoms with Crippen molar-refractivity contribution >= 4 is 44.2 Å². The van der Waals surface area contributed by atoms with Crippen molar-refractivity contribution < 1.29 is 4.42 Å². The van der Waals surface area contributed by atoms with E-state index in [1.54, 1.807) is 0 Å². The Balaban J connectivity index is 1.12. The number of aliphatic imine (C=N–C) groups is 2. The van der Waals surface area contributed by atoms with Crippen molar-refractivity contribution in [1.82, 2.24) is 20.3 Å². The van der Waals surface area contributed by atoms with Crippen LogP contribution in [0.5, 0.6) is 0 Å². The second-order valence-electron chi connectivity index (χ2n) is 16.0. The van der Waals surface area contributed by atoms with Crippen LogP contribution >= 0.6 is 0 Å². The number of nitrogens with zero attached hydrogens (tertiary/aromatic N) is 5. The minimum atomic E-state index is -0.424. The summed E-state index contributed by atoms with van der Waals surface area (Å²) in [6.45, 7) is 0. The lowest BCUT2D eigenvalue weighted by atomic mass is 9.91. The first-order valence-electron chi connectivity index (χ1n) is 21.7. The molecule has 3 heterocycles. The Morgan fingerprint density at radius 1 is 0.354 bits per heavy atom. The highest BCUT2D eigenvalue weighted by Gasteiger charge is 2.26. The highest BCUT2D eigenvalue weighted by atomic mass is 16.3. The summed E-state index contributed by atoms with van der Waals surface area (Å²) < 4.78 is 7.26. The van der Waals surface area contributed by atoms with E-state index >= 15 is 0 Å². The van der Waals surface area contributed by atoms with Crippen LogP contribution in [-0.4, -0.2) is 26.6 Å². The molecule has 0 saturated heterocycles. The summed E-state index contributed by atoms with van der Waals surface area (Å²) in [5, 5.41) is 8.77. The minimum Gasteiger partial charge on any atom is -0.455 e. The predicted molar refractivity (Wildman–Crippen MR) is 264 cm³/mol. The van der Waals surface area contributed by atoms with E-state index < -0.39 is 6.17 Å². The molecule has 1 N–H and O–H groups in total. The molecule has 65 heavy (non-hydrogen) atoms. The van der Waals surface area contributed by atoms with Gasteiger partial charge in [-0.1, -0.05) is 206 Å². The summed E-state index contributed by atoms with van der Waals surface area (Å²) in [6, 6.07) is 74.6. The topological polar surface area (TPSA) is 88.6 Å². The Hall–Kier alpha value is -8.81. The standard InChI is InChI=1S/C58H38N6O/c1-7-19-37(20-8-1)49-50-47-35-43(57-61-53(39-23-11-3-12-24-39)59-54(62-57)40-25-13-4-14-26-40)31-33-45(47)46-34-32-44(36-48(46)52(50)65-51(49)38-21-9-2-10-22-38)58-63-55(41-27-15-5-16-28-41)60-56(64-58)42-29-17-6-18-30-42/h1-36,53H,(H,59,61,62). The third kappa shape index (κ3) is 7.02. The minimum absolute atomic E-state index is 0.424. The van der Waals surface area contributed by atoms with Crippen molar-refractivity contribution in [2.24, 2.45) is 9.98 Å². The van der Waals surface area contributed by atoms with E-state index in [1.807, 2.05) is 103 Å². The number of fused-ring (bicyclic) bond motifs is 6. The Morgan fingerprint density at radius 2 is 0.785 bits per heavy atom. The number of hydrogen-bond donors (Lipinski definition) is 1. The zero-order valence-corrected chi connectivity index (χ0v) is 35.0. The molecule has 11 aromatic rings. The van der Waals surface area contributed by atoms with E-state index in [1.165, 1.54) is 0 Å². The third-order valence-corrected chi connectivity index (χ3v) is 12.0. The zero-order valence-electron chi connectivity index (χ0n) is 35.0. The van der Waals surface area contributed by atoms with E-state index in [-0.39, 0.29) is 0 Å². The van der Waals surface area contributed by atoms with E-state index in [9.17, 15) is 0 Å². The number of furan rings is 1. The molecule has 7 nitrogen and oxygen atoms in total. The fourth-order valence-corrected chi connectivity index (χ4v) is 8.84. The Bertz CT molecular complexity index is 3540. The van der Waals surface area contributed by atoms with Gasteiger partial charge in [0.25, 0.3) is 0 Å². The molecule has 1 aliphatic heterocycles. The maximum absolute atomic E-state index is 7.26. The quantitative estimate of drug-likeness (QED) is 0.154. The summed E-state index contributed by atoms with van der Waals surface area (Å²) in [4.78, 5) is 25.5. The Morgan fingerprint density at radius 3 is 1.35 bits per heavy atom. The molecule has 0 radical (unpaired) electrons. The fourth-order valence-electron chi connectivity index (χ4n) is 8.84. The van der Waals surface area contributed by atoms with Gasteiger partial charge in [-0.2, -0.15) is 0 Å². The summed E-state index contributed by atoms with van der Waals surface area (Å²) in [6.07, 6.45) is -0.424. The molecule has 1 aliphatic rings. The van der Waals surface area contributed by atoms with Gasteiger partial charge < -0.3 is 9.73 Å². The highest BCUT2D eigenvalue weighted by molar-refractivity contribution is 6.30. The van der Waals surface area contributed by atoms with Crippen molar-refractivity contribution in [3.8, 4) is 56.6 Å². The van der Waals surface area contributed by atoms with Gasteiger partial charge in [-0.25, -0.2) is 24.9 Å². The molecule has 7 heteroatoms. The number of hydrogen-bond acceptors (Lipinski definition) is 7. The van der Waals surface area contributed by atoms with Crippen LogP contribution in [0.25, 0.3) is 89.1 Å². The third-order valence-electron chi connectivity index (χ3n) is 12.0. The van der Waals surface area contributed by atoms with Crippen LogP contribution in [-0.2, 0) is 0 Å². The van der Waals surface area contributed by atoms with E-state index in [0.717, 1.165) is 100 Å². The summed E-state index contributed by atoms with van der Waals surface area (Å²) in [7, 11) is 0. The Kier molecular flexibility index (Phi) is 9.42. The van der Waals surface area contributed by atoms with Crippen molar-refractivity contribution in [2.45, 2.75) is 6.17 Å². The van der Waals surface area contributed by atoms with Crippen molar-refractivity contribution in [3.63, 3.8) is 0 Å². The molecule has 1 unspecified atom stereocenters. The number of aromatic nitrogens is 3. The van der Waals surface area contributed by atoms with Crippen LogP contribution in [0, 0.1) is 0 Å². The summed E-state index contributed by atoms with van der Waals surface area (Å²) in [5.41, 5.74) is 9.47. The first-order chi connectivity index (χ1) is 32.2. The number of nitrogens with one attached hydrogen (secondary N) is 1. The molecule has 0 saturated carbocycles. The molecule has 1 atom stereocenters. The largest absolute Gasteiger partial charge is 0.455 e. The van der Waals surface area contributed by atoms with Gasteiger partial charge in [0.1, 0.15) is 23.0 Å². The first kappa shape index (κ1) is 37.9. The van der Waals surface area contributed by atoms with Gasteiger partial charge in [-0.15, -0.1) is 0 Å². The molecule has 2 aromatic heterocycles. The van der Waals surface area contributed by atoms with Crippen molar-refractivity contribution in [3.05, 3.63) is 235 Å². The monoisotopic (exact) mass is 834 g/mol. The predicted octanol–water partition coefficient (Wildman–Crippen LogP) is 13.8. The molecule has 9 aromatic carbocycles. The lowest BCUT2D eigenvalue weighted by molar-refractivity contribution is 0.636. The van der Waals surface area contributed by atoms with Gasteiger partial charge >= 0.3 is 0 Å². The number of rotatable bonds is 8. The van der Waals surface area contributed by atoms with Gasteiger partial charge in [-0.05, 0) is 39.4 Å². The lowest BCUT2D eigenvalue weighted by Gasteiger charge is -2.22. The smallest absolute Gasteiger partial charge is 0.169 e. The number of amidine groups is 2. The lowest BCUT2D eigenvalue weighted by Crippen LogP contribution is -2.36. The van der Waals surface area contributed by atoms with Crippen LogP contribution < -0.4 is 5.32 Å². The molecular weight excluding hydrogens is 797 g/mol. The van der Waals surface area contributed by atoms with Crippen molar-refractivity contribution in [2.75, 3.05) is 0 Å². The molecular formula is C58H38N6O. The van der Waals surface area contributed by atoms with Crippen LogP contribution in [0.2, 0.25) is 0 Å². The van der Waals surface area contributed by atoms with E-state index in [0.29, 0.717) is 17.5 Å². The second-order valence-corrected chi connectivity index (χ2v) is 16.0. The number of benzene rings is 9. The van der Waals surface area contributed by atoms with Crippen LogP contribution in [0.3, 0.4) is 0 Å². The molecule has 0 bridgehead atoms. The summed E-state index contributed by atoms with van der Waals surface area (Å²) >= 11 is 0.